The van der Waals surface area contributed by atoms with E-state index in [0.29, 0.717) is 11.3 Å². The van der Waals surface area contributed by atoms with Crippen molar-refractivity contribution in [1.82, 2.24) is 0 Å². The third-order valence-electron chi connectivity index (χ3n) is 4.17. The summed E-state index contributed by atoms with van der Waals surface area (Å²) in [6, 6.07) is 12.8. The number of carbonyl (C=O) groups excluding carboxylic acids is 2. The lowest BCUT2D eigenvalue weighted by Gasteiger charge is -2.08. The van der Waals surface area contributed by atoms with Crippen molar-refractivity contribution >= 4 is 38.8 Å². The molecule has 1 saturated carbocycles. The zero-order valence-electron chi connectivity index (χ0n) is 13.9. The summed E-state index contributed by atoms with van der Waals surface area (Å²) >= 11 is 5.91. The minimum atomic E-state index is -3.64. The molecule has 1 aliphatic carbocycles. The molecule has 2 aromatic carbocycles. The molecular formula is C19H18ClNO4S. The Kier molecular flexibility index (Phi) is 5.44. The second-order valence-electron chi connectivity index (χ2n) is 6.26. The number of carbonyl (C=O) groups is 2. The number of ketones is 1. The van der Waals surface area contributed by atoms with E-state index in [-0.39, 0.29) is 33.8 Å². The van der Waals surface area contributed by atoms with Crippen LogP contribution in [0.2, 0.25) is 5.02 Å². The van der Waals surface area contributed by atoms with Crippen LogP contribution in [-0.4, -0.2) is 25.9 Å². The summed E-state index contributed by atoms with van der Waals surface area (Å²) in [6.45, 7) is 0. The zero-order valence-corrected chi connectivity index (χ0v) is 15.5. The molecule has 2 aromatic rings. The lowest BCUT2D eigenvalue weighted by atomic mass is 10.1. The van der Waals surface area contributed by atoms with E-state index in [1.54, 1.807) is 36.4 Å². The van der Waals surface area contributed by atoms with Crippen LogP contribution in [0.3, 0.4) is 0 Å². The maximum Gasteiger partial charge on any atom is 0.225 e. The van der Waals surface area contributed by atoms with Crippen molar-refractivity contribution in [3.63, 3.8) is 0 Å². The third kappa shape index (κ3) is 4.51. The maximum atomic E-state index is 12.3. The molecular weight excluding hydrogens is 374 g/mol. The van der Waals surface area contributed by atoms with E-state index in [1.807, 2.05) is 0 Å². The SMILES string of the molecule is O=C(CCS(=O)(=O)c1ccccc1Cl)Nc1ccc(C(=O)C2CC2)cc1. The molecule has 5 nitrogen and oxygen atoms in total. The summed E-state index contributed by atoms with van der Waals surface area (Å²) in [5.41, 5.74) is 1.16. The summed E-state index contributed by atoms with van der Waals surface area (Å²) in [5, 5.41) is 2.79. The lowest BCUT2D eigenvalue weighted by Crippen LogP contribution is -2.17. The van der Waals surface area contributed by atoms with Crippen LogP contribution in [0.25, 0.3) is 0 Å². The molecule has 0 spiro atoms. The minimum absolute atomic E-state index is 0.0254. The van der Waals surface area contributed by atoms with Crippen LogP contribution < -0.4 is 5.32 Å². The van der Waals surface area contributed by atoms with E-state index in [0.717, 1.165) is 12.8 Å². The molecule has 1 fully saturated rings. The maximum absolute atomic E-state index is 12.3. The number of sulfone groups is 1. The minimum Gasteiger partial charge on any atom is -0.326 e. The molecule has 0 radical (unpaired) electrons. The smallest absolute Gasteiger partial charge is 0.225 e. The van der Waals surface area contributed by atoms with Crippen LogP contribution in [0.5, 0.6) is 0 Å². The number of Topliss-reactive ketones (excluding diaryl/α,β-unsaturated/α-hetero) is 1. The molecule has 1 amide bonds. The van der Waals surface area contributed by atoms with E-state index in [4.69, 9.17) is 11.6 Å². The molecule has 1 aliphatic rings. The third-order valence-corrected chi connectivity index (χ3v) is 6.38. The molecule has 3 rings (SSSR count). The Labute approximate surface area is 157 Å². The van der Waals surface area contributed by atoms with Gasteiger partial charge in [-0.3, -0.25) is 9.59 Å². The monoisotopic (exact) mass is 391 g/mol. The molecule has 0 saturated heterocycles. The average Bonchev–Trinajstić information content (AvgIpc) is 3.45. The van der Waals surface area contributed by atoms with Crippen molar-refractivity contribution < 1.29 is 18.0 Å². The summed E-state index contributed by atoms with van der Waals surface area (Å²) in [4.78, 5) is 24.0. The molecule has 0 bridgehead atoms. The van der Waals surface area contributed by atoms with Crippen molar-refractivity contribution in [2.45, 2.75) is 24.2 Å². The van der Waals surface area contributed by atoms with Gasteiger partial charge in [0, 0.05) is 23.6 Å². The summed E-state index contributed by atoms with van der Waals surface area (Å²) in [7, 11) is -3.64. The van der Waals surface area contributed by atoms with Crippen LogP contribution in [0.1, 0.15) is 29.6 Å². The highest BCUT2D eigenvalue weighted by Gasteiger charge is 2.30. The number of rotatable bonds is 7. The summed E-state index contributed by atoms with van der Waals surface area (Å²) in [6.07, 6.45) is 1.70. The van der Waals surface area contributed by atoms with Crippen molar-refractivity contribution in [1.29, 1.82) is 0 Å². The molecule has 0 heterocycles. The van der Waals surface area contributed by atoms with Crippen LogP contribution in [0.15, 0.2) is 53.4 Å². The fraction of sp³-hybridized carbons (Fsp3) is 0.263. The predicted octanol–water partition coefficient (Wildman–Crippen LogP) is 3.74. The average molecular weight is 392 g/mol. The molecule has 0 aliphatic heterocycles. The molecule has 1 N–H and O–H groups in total. The first-order chi connectivity index (χ1) is 12.4. The second-order valence-corrected chi connectivity index (χ2v) is 8.75. The van der Waals surface area contributed by atoms with E-state index in [2.05, 4.69) is 5.32 Å². The van der Waals surface area contributed by atoms with E-state index in [9.17, 15) is 18.0 Å². The van der Waals surface area contributed by atoms with Crippen molar-refractivity contribution in [3.8, 4) is 0 Å². The number of benzene rings is 2. The van der Waals surface area contributed by atoms with Gasteiger partial charge in [0.15, 0.2) is 15.6 Å². The van der Waals surface area contributed by atoms with Crippen molar-refractivity contribution in [2.24, 2.45) is 5.92 Å². The van der Waals surface area contributed by atoms with E-state index >= 15 is 0 Å². The molecule has 26 heavy (non-hydrogen) atoms. The van der Waals surface area contributed by atoms with Gasteiger partial charge in [-0.2, -0.15) is 0 Å². The van der Waals surface area contributed by atoms with Gasteiger partial charge in [0.1, 0.15) is 0 Å². The Balaban J connectivity index is 1.57. The highest BCUT2D eigenvalue weighted by Crippen LogP contribution is 2.32. The number of hydrogen-bond donors (Lipinski definition) is 1. The van der Waals surface area contributed by atoms with Gasteiger partial charge >= 0.3 is 0 Å². The predicted molar refractivity (Wildman–Crippen MR) is 100 cm³/mol. The zero-order chi connectivity index (χ0) is 18.7. The molecule has 136 valence electrons. The van der Waals surface area contributed by atoms with Crippen LogP contribution >= 0.6 is 11.6 Å². The quantitative estimate of drug-likeness (QED) is 0.729. The van der Waals surface area contributed by atoms with Gasteiger partial charge in [0.2, 0.25) is 5.91 Å². The van der Waals surface area contributed by atoms with Gasteiger partial charge < -0.3 is 5.32 Å². The van der Waals surface area contributed by atoms with Crippen molar-refractivity contribution in [3.05, 3.63) is 59.1 Å². The Morgan fingerprint density at radius 3 is 2.31 bits per heavy atom. The van der Waals surface area contributed by atoms with Gasteiger partial charge in [-0.15, -0.1) is 0 Å². The molecule has 0 aromatic heterocycles. The van der Waals surface area contributed by atoms with Crippen LogP contribution in [-0.2, 0) is 14.6 Å². The number of nitrogens with one attached hydrogen (secondary N) is 1. The highest BCUT2D eigenvalue weighted by molar-refractivity contribution is 7.91. The Morgan fingerprint density at radius 1 is 1.04 bits per heavy atom. The number of amides is 1. The first kappa shape index (κ1) is 18.6. The van der Waals surface area contributed by atoms with Gasteiger partial charge in [0.25, 0.3) is 0 Å². The Bertz CT molecular complexity index is 934. The van der Waals surface area contributed by atoms with Crippen LogP contribution in [0.4, 0.5) is 5.69 Å². The Hall–Kier alpha value is -2.18. The Morgan fingerprint density at radius 2 is 1.69 bits per heavy atom. The number of anilines is 1. The van der Waals surface area contributed by atoms with Crippen molar-refractivity contribution in [2.75, 3.05) is 11.1 Å². The second kappa shape index (κ2) is 7.60. The fourth-order valence-corrected chi connectivity index (χ4v) is 4.37. The molecule has 0 unspecified atom stereocenters. The molecule has 7 heteroatoms. The molecule has 0 atom stereocenters. The van der Waals surface area contributed by atoms with Gasteiger partial charge in [-0.25, -0.2) is 8.42 Å². The standard InChI is InChI=1S/C19H18ClNO4S/c20-16-3-1-2-4-17(16)26(24,25)12-11-18(22)21-15-9-7-14(8-10-15)19(23)13-5-6-13/h1-4,7-10,13H,5-6,11-12H2,(H,21,22). The van der Waals surface area contributed by atoms with Gasteiger partial charge in [-0.1, -0.05) is 23.7 Å². The first-order valence-electron chi connectivity index (χ1n) is 8.28. The van der Waals surface area contributed by atoms with Crippen LogP contribution in [0, 0.1) is 5.92 Å². The van der Waals surface area contributed by atoms with Gasteiger partial charge in [-0.05, 0) is 49.2 Å². The number of hydrogen-bond acceptors (Lipinski definition) is 4. The largest absolute Gasteiger partial charge is 0.326 e. The number of halogens is 1. The lowest BCUT2D eigenvalue weighted by molar-refractivity contribution is -0.115. The summed E-state index contributed by atoms with van der Waals surface area (Å²) in [5.74, 6) is -0.470. The summed E-state index contributed by atoms with van der Waals surface area (Å²) < 4.78 is 24.6. The van der Waals surface area contributed by atoms with E-state index < -0.39 is 15.7 Å². The van der Waals surface area contributed by atoms with E-state index in [1.165, 1.54) is 12.1 Å². The van der Waals surface area contributed by atoms with Gasteiger partial charge in [0.05, 0.1) is 15.7 Å². The normalized spacial score (nSPS) is 14.0. The highest BCUT2D eigenvalue weighted by atomic mass is 35.5. The fourth-order valence-electron chi connectivity index (χ4n) is 2.56. The first-order valence-corrected chi connectivity index (χ1v) is 10.3. The topological polar surface area (TPSA) is 80.3 Å².